The zero-order valence-corrected chi connectivity index (χ0v) is 11.4. The number of hydrogen-bond donors (Lipinski definition) is 1. The van der Waals surface area contributed by atoms with E-state index in [1.807, 2.05) is 12.1 Å². The first-order chi connectivity index (χ1) is 8.17. The smallest absolute Gasteiger partial charge is 0.0316 e. The lowest BCUT2D eigenvalue weighted by Gasteiger charge is -2.25. The minimum Gasteiger partial charge on any atom is -0.399 e. The molecule has 0 aliphatic heterocycles. The average molecular weight is 234 g/mol. The monoisotopic (exact) mass is 234 g/mol. The second kappa shape index (κ2) is 7.33. The summed E-state index contributed by atoms with van der Waals surface area (Å²) in [6.45, 7) is 5.70. The van der Waals surface area contributed by atoms with Crippen molar-refractivity contribution in [3.63, 3.8) is 0 Å². The van der Waals surface area contributed by atoms with Gasteiger partial charge in [0.1, 0.15) is 0 Å². The Balaban J connectivity index is 2.32. The van der Waals surface area contributed by atoms with Crippen LogP contribution in [0.3, 0.4) is 0 Å². The Hall–Kier alpha value is -1.02. The highest BCUT2D eigenvalue weighted by Gasteiger charge is 2.09. The van der Waals surface area contributed by atoms with Crippen molar-refractivity contribution in [1.82, 2.24) is 4.90 Å². The lowest BCUT2D eigenvalue weighted by molar-refractivity contribution is 0.227. The summed E-state index contributed by atoms with van der Waals surface area (Å²) in [7, 11) is 2.23. The quantitative estimate of drug-likeness (QED) is 0.733. The third kappa shape index (κ3) is 4.78. The number of nitrogens with zero attached hydrogens (tertiary/aromatic N) is 1. The molecule has 0 heterocycles. The highest BCUT2D eigenvalue weighted by atomic mass is 15.1. The second-order valence-corrected chi connectivity index (χ2v) is 4.80. The first-order valence-corrected chi connectivity index (χ1v) is 6.72. The predicted molar refractivity (Wildman–Crippen MR) is 76.2 cm³/mol. The van der Waals surface area contributed by atoms with Crippen LogP contribution in [0.2, 0.25) is 0 Å². The van der Waals surface area contributed by atoms with Crippen LogP contribution in [0.25, 0.3) is 0 Å². The van der Waals surface area contributed by atoms with Crippen molar-refractivity contribution in [2.24, 2.45) is 0 Å². The Bertz CT molecular complexity index is 318. The van der Waals surface area contributed by atoms with Gasteiger partial charge in [-0.3, -0.25) is 0 Å². The summed E-state index contributed by atoms with van der Waals surface area (Å²) in [6, 6.07) is 8.95. The molecule has 0 saturated heterocycles. The summed E-state index contributed by atoms with van der Waals surface area (Å²) in [5.74, 6) is 0. The molecule has 0 radical (unpaired) electrons. The Kier molecular flexibility index (Phi) is 6.06. The van der Waals surface area contributed by atoms with E-state index in [1.165, 1.54) is 31.4 Å². The molecular weight excluding hydrogens is 208 g/mol. The van der Waals surface area contributed by atoms with Crippen LogP contribution in [0.4, 0.5) is 5.69 Å². The predicted octanol–water partition coefficient (Wildman–Crippen LogP) is 3.32. The maximum Gasteiger partial charge on any atom is 0.0316 e. The van der Waals surface area contributed by atoms with Crippen molar-refractivity contribution in [3.8, 4) is 0 Å². The molecule has 2 N–H and O–H groups in total. The van der Waals surface area contributed by atoms with Gasteiger partial charge in [-0.1, -0.05) is 26.0 Å². The average Bonchev–Trinajstić information content (AvgIpc) is 2.30. The molecule has 0 aliphatic carbocycles. The zero-order valence-electron chi connectivity index (χ0n) is 11.4. The van der Waals surface area contributed by atoms with Crippen LogP contribution in [-0.2, 0) is 6.42 Å². The van der Waals surface area contributed by atoms with E-state index in [0.717, 1.165) is 18.2 Å². The molecule has 0 aliphatic rings. The number of nitrogen functional groups attached to an aromatic ring is 1. The molecular formula is C15H26N2. The summed E-state index contributed by atoms with van der Waals surface area (Å²) in [4.78, 5) is 2.48. The molecule has 1 aromatic rings. The largest absolute Gasteiger partial charge is 0.399 e. The number of hydrogen-bond acceptors (Lipinski definition) is 2. The molecule has 1 aromatic carbocycles. The van der Waals surface area contributed by atoms with Gasteiger partial charge in [-0.05, 0) is 57.0 Å². The lowest BCUT2D eigenvalue weighted by Crippen LogP contribution is -2.31. The first-order valence-electron chi connectivity index (χ1n) is 6.72. The van der Waals surface area contributed by atoms with E-state index in [-0.39, 0.29) is 0 Å². The van der Waals surface area contributed by atoms with Crippen molar-refractivity contribution in [2.45, 2.75) is 45.6 Å². The number of anilines is 1. The first kappa shape index (κ1) is 14.0. The van der Waals surface area contributed by atoms with Crippen molar-refractivity contribution >= 4 is 5.69 Å². The zero-order chi connectivity index (χ0) is 12.7. The molecule has 0 unspecified atom stereocenters. The fourth-order valence-corrected chi connectivity index (χ4v) is 2.38. The van der Waals surface area contributed by atoms with Crippen molar-refractivity contribution in [3.05, 3.63) is 29.8 Å². The number of nitrogens with two attached hydrogens (primary N) is 1. The van der Waals surface area contributed by atoms with Gasteiger partial charge in [-0.25, -0.2) is 0 Å². The van der Waals surface area contributed by atoms with Gasteiger partial charge in [0, 0.05) is 11.7 Å². The molecule has 0 fully saturated rings. The molecule has 0 amide bonds. The molecule has 0 atom stereocenters. The molecule has 96 valence electrons. The highest BCUT2D eigenvalue weighted by Crippen LogP contribution is 2.11. The maximum absolute atomic E-state index is 5.77. The Morgan fingerprint density at radius 2 is 1.94 bits per heavy atom. The van der Waals surface area contributed by atoms with Crippen LogP contribution < -0.4 is 5.73 Å². The van der Waals surface area contributed by atoms with Gasteiger partial charge in [0.25, 0.3) is 0 Å². The van der Waals surface area contributed by atoms with E-state index in [1.54, 1.807) is 0 Å². The minimum atomic E-state index is 0.732. The molecule has 0 saturated carbocycles. The summed E-state index contributed by atoms with van der Waals surface area (Å²) in [5.41, 5.74) is 7.99. The molecule has 1 rings (SSSR count). The van der Waals surface area contributed by atoms with E-state index in [2.05, 4.69) is 37.9 Å². The van der Waals surface area contributed by atoms with Gasteiger partial charge in [-0.2, -0.15) is 0 Å². The van der Waals surface area contributed by atoms with E-state index in [4.69, 9.17) is 5.73 Å². The van der Waals surface area contributed by atoms with Gasteiger partial charge in [0.05, 0.1) is 0 Å². The summed E-state index contributed by atoms with van der Waals surface area (Å²) < 4.78 is 0. The fraction of sp³-hybridized carbons (Fsp3) is 0.600. The van der Waals surface area contributed by atoms with Crippen LogP contribution in [0.15, 0.2) is 24.3 Å². The molecule has 0 aromatic heterocycles. The SMILES string of the molecule is CCC(CC)N(C)CCCc1cccc(N)c1. The van der Waals surface area contributed by atoms with Gasteiger partial charge < -0.3 is 10.6 Å². The molecule has 0 bridgehead atoms. The van der Waals surface area contributed by atoms with Crippen LogP contribution in [0.1, 0.15) is 38.7 Å². The van der Waals surface area contributed by atoms with E-state index < -0.39 is 0 Å². The maximum atomic E-state index is 5.77. The number of rotatable bonds is 7. The summed E-state index contributed by atoms with van der Waals surface area (Å²) in [5, 5.41) is 0. The van der Waals surface area contributed by atoms with Crippen LogP contribution in [-0.4, -0.2) is 24.5 Å². The standard InChI is InChI=1S/C15H26N2/c1-4-15(5-2)17(3)11-7-9-13-8-6-10-14(16)12-13/h6,8,10,12,15H,4-5,7,9,11,16H2,1-3H3. The third-order valence-corrected chi connectivity index (χ3v) is 3.49. The summed E-state index contributed by atoms with van der Waals surface area (Å²) in [6.07, 6.45) is 4.81. The van der Waals surface area contributed by atoms with Crippen LogP contribution in [0, 0.1) is 0 Å². The van der Waals surface area contributed by atoms with Crippen molar-refractivity contribution < 1.29 is 0 Å². The van der Waals surface area contributed by atoms with Crippen molar-refractivity contribution in [1.29, 1.82) is 0 Å². The number of aryl methyl sites for hydroxylation is 1. The molecule has 0 spiro atoms. The normalized spacial score (nSPS) is 11.4. The highest BCUT2D eigenvalue weighted by molar-refractivity contribution is 5.40. The Morgan fingerprint density at radius 1 is 1.24 bits per heavy atom. The van der Waals surface area contributed by atoms with E-state index in [9.17, 15) is 0 Å². The Labute approximate surface area is 106 Å². The molecule has 17 heavy (non-hydrogen) atoms. The second-order valence-electron chi connectivity index (χ2n) is 4.80. The van der Waals surface area contributed by atoms with Crippen molar-refractivity contribution in [2.75, 3.05) is 19.3 Å². The van der Waals surface area contributed by atoms with Crippen LogP contribution in [0.5, 0.6) is 0 Å². The number of benzene rings is 1. The van der Waals surface area contributed by atoms with E-state index in [0.29, 0.717) is 0 Å². The molecule has 2 heteroatoms. The van der Waals surface area contributed by atoms with Gasteiger partial charge >= 0.3 is 0 Å². The lowest BCUT2D eigenvalue weighted by atomic mass is 10.1. The topological polar surface area (TPSA) is 29.3 Å². The van der Waals surface area contributed by atoms with Gasteiger partial charge in [-0.15, -0.1) is 0 Å². The fourth-order valence-electron chi connectivity index (χ4n) is 2.38. The van der Waals surface area contributed by atoms with E-state index >= 15 is 0 Å². The van der Waals surface area contributed by atoms with Gasteiger partial charge in [0.2, 0.25) is 0 Å². The van der Waals surface area contributed by atoms with Crippen LogP contribution >= 0.6 is 0 Å². The Morgan fingerprint density at radius 3 is 2.53 bits per heavy atom. The molecule has 2 nitrogen and oxygen atoms in total. The summed E-state index contributed by atoms with van der Waals surface area (Å²) >= 11 is 0. The third-order valence-electron chi connectivity index (χ3n) is 3.49. The minimum absolute atomic E-state index is 0.732. The van der Waals surface area contributed by atoms with Gasteiger partial charge in [0.15, 0.2) is 0 Å².